The van der Waals surface area contributed by atoms with E-state index in [0.717, 1.165) is 29.5 Å². The van der Waals surface area contributed by atoms with Crippen LogP contribution in [0.3, 0.4) is 0 Å². The second-order valence-corrected chi connectivity index (χ2v) is 13.9. The van der Waals surface area contributed by atoms with Gasteiger partial charge in [-0.05, 0) is 65.2 Å². The summed E-state index contributed by atoms with van der Waals surface area (Å²) in [6.45, 7) is 19.2. The normalized spacial score (nSPS) is 17.5. The molecule has 6 rings (SSSR count). The SMILES string of the molecule is C=CCOC1(C)CCN(c2c([C@H](OC(C)(C)C)C(=O)OC)c(C)nc3cc(-c4cccc5c4[C@@H](CC=C)Oc4cccc(F)c4-5)nn23)CC1. The predicted molar refractivity (Wildman–Crippen MR) is 188 cm³/mol. The second kappa shape index (κ2) is 13.4. The van der Waals surface area contributed by atoms with Crippen molar-refractivity contribution in [2.45, 2.75) is 77.3 Å². The maximum Gasteiger partial charge on any atom is 0.339 e. The Bertz CT molecular complexity index is 1900. The summed E-state index contributed by atoms with van der Waals surface area (Å²) in [6, 6.07) is 12.6. The number of benzene rings is 2. The van der Waals surface area contributed by atoms with Gasteiger partial charge >= 0.3 is 5.97 Å². The number of hydrogen-bond acceptors (Lipinski definition) is 8. The zero-order valence-electron chi connectivity index (χ0n) is 29.2. The highest BCUT2D eigenvalue weighted by Crippen LogP contribution is 2.48. The molecule has 2 atom stereocenters. The van der Waals surface area contributed by atoms with Crippen LogP contribution in [0.4, 0.5) is 10.2 Å². The Balaban J connectivity index is 1.56. The van der Waals surface area contributed by atoms with Crippen LogP contribution >= 0.6 is 0 Å². The lowest BCUT2D eigenvalue weighted by Gasteiger charge is -2.41. The molecule has 9 nitrogen and oxygen atoms in total. The first kappa shape index (κ1) is 34.3. The largest absolute Gasteiger partial charge is 0.485 e. The van der Waals surface area contributed by atoms with E-state index in [9.17, 15) is 4.79 Å². The minimum absolute atomic E-state index is 0.320. The van der Waals surface area contributed by atoms with Gasteiger partial charge in [-0.1, -0.05) is 36.4 Å². The summed E-state index contributed by atoms with van der Waals surface area (Å²) in [5.41, 5.74) is 4.29. The van der Waals surface area contributed by atoms with Gasteiger partial charge in [0.15, 0.2) is 11.8 Å². The number of aryl methyl sites for hydroxylation is 1. The molecule has 2 aliphatic rings. The summed E-state index contributed by atoms with van der Waals surface area (Å²) < 4.78 is 41.4. The molecule has 0 radical (unpaired) electrons. The summed E-state index contributed by atoms with van der Waals surface area (Å²) >= 11 is 0. The summed E-state index contributed by atoms with van der Waals surface area (Å²) in [7, 11) is 1.36. The topological polar surface area (TPSA) is 87.4 Å². The van der Waals surface area contributed by atoms with Gasteiger partial charge in [-0.25, -0.2) is 14.2 Å². The molecule has 0 N–H and O–H groups in total. The molecule has 0 amide bonds. The highest BCUT2D eigenvalue weighted by atomic mass is 19.1. The van der Waals surface area contributed by atoms with Crippen molar-refractivity contribution in [3.8, 4) is 28.1 Å². The fraction of sp³-hybridized carbons (Fsp3) is 0.410. The number of methoxy groups -OCH3 is 1. The average Bonchev–Trinajstić information content (AvgIpc) is 3.49. The van der Waals surface area contributed by atoms with E-state index in [2.05, 4.69) is 25.0 Å². The Hall–Kier alpha value is -4.54. The molecule has 0 unspecified atom stereocenters. The van der Waals surface area contributed by atoms with Crippen molar-refractivity contribution in [3.05, 3.63) is 90.4 Å². The Kier molecular flexibility index (Phi) is 9.39. The summed E-state index contributed by atoms with van der Waals surface area (Å²) in [6.07, 6.45) is 4.14. The van der Waals surface area contributed by atoms with Crippen LogP contribution in [-0.2, 0) is 19.0 Å². The van der Waals surface area contributed by atoms with E-state index < -0.39 is 23.8 Å². The molecule has 1 fully saturated rings. The summed E-state index contributed by atoms with van der Waals surface area (Å²) in [5, 5.41) is 5.18. The quantitative estimate of drug-likeness (QED) is 0.124. The third-order valence-corrected chi connectivity index (χ3v) is 9.22. The molecule has 1 saturated heterocycles. The number of hydrogen-bond donors (Lipinski definition) is 0. The standard InChI is InChI=1S/C39H45FN4O5/c1-9-13-29-33-25(14-11-15-26(33)34-27(40)16-12-17-30(34)48-29)28-23-31-41-24(3)32(35(37(45)46-8)49-38(4,5)6)36(44(31)42-28)43-20-18-39(7,19-21-43)47-22-10-2/h9-12,14-17,23,29,35H,1-2,13,18-22H2,3-8H3/t29-,35+/m1/s1. The zero-order chi connectivity index (χ0) is 35.1. The molecule has 0 spiro atoms. The molecule has 0 saturated carbocycles. The van der Waals surface area contributed by atoms with Crippen LogP contribution in [0.15, 0.2) is 67.8 Å². The number of aromatic nitrogens is 3. The molecule has 2 aromatic heterocycles. The predicted octanol–water partition coefficient (Wildman–Crippen LogP) is 8.11. The van der Waals surface area contributed by atoms with E-state index in [0.29, 0.717) is 65.8 Å². The molecule has 49 heavy (non-hydrogen) atoms. The molecule has 258 valence electrons. The van der Waals surface area contributed by atoms with Crippen molar-refractivity contribution >= 4 is 17.4 Å². The molecule has 0 aliphatic carbocycles. The second-order valence-electron chi connectivity index (χ2n) is 13.9. The Morgan fingerprint density at radius 2 is 1.86 bits per heavy atom. The molecule has 4 heterocycles. The molecular formula is C39H45FN4O5. The Morgan fingerprint density at radius 3 is 2.53 bits per heavy atom. The van der Waals surface area contributed by atoms with E-state index in [4.69, 9.17) is 29.0 Å². The average molecular weight is 669 g/mol. The Labute approximate surface area is 287 Å². The van der Waals surface area contributed by atoms with Gasteiger partial charge in [-0.3, -0.25) is 0 Å². The highest BCUT2D eigenvalue weighted by Gasteiger charge is 2.39. The van der Waals surface area contributed by atoms with Crippen LogP contribution in [0, 0.1) is 12.7 Å². The van der Waals surface area contributed by atoms with Crippen LogP contribution in [0.2, 0.25) is 0 Å². The first-order chi connectivity index (χ1) is 23.4. The van der Waals surface area contributed by atoms with Gasteiger partial charge in [0.05, 0.1) is 41.7 Å². The number of carbonyl (C=O) groups excluding carboxylic acids is 1. The number of ether oxygens (including phenoxy) is 4. The van der Waals surface area contributed by atoms with Crippen LogP contribution in [-0.4, -0.2) is 58.6 Å². The number of piperidine rings is 1. The van der Waals surface area contributed by atoms with E-state index in [1.165, 1.54) is 13.2 Å². The maximum absolute atomic E-state index is 15.3. The first-order valence-corrected chi connectivity index (χ1v) is 16.7. The van der Waals surface area contributed by atoms with Crippen molar-refractivity contribution in [1.29, 1.82) is 0 Å². The summed E-state index contributed by atoms with van der Waals surface area (Å²) in [5.74, 6) is 0.331. The molecule has 2 aromatic carbocycles. The van der Waals surface area contributed by atoms with Gasteiger partial charge in [-0.15, -0.1) is 13.2 Å². The van der Waals surface area contributed by atoms with Gasteiger partial charge < -0.3 is 23.8 Å². The fourth-order valence-corrected chi connectivity index (χ4v) is 6.89. The molecule has 4 aromatic rings. The zero-order valence-corrected chi connectivity index (χ0v) is 29.2. The first-order valence-electron chi connectivity index (χ1n) is 16.7. The van der Waals surface area contributed by atoms with Gasteiger partial charge in [0.25, 0.3) is 0 Å². The number of carbonyl (C=O) groups is 1. The number of fused-ring (bicyclic) bond motifs is 4. The number of rotatable bonds is 10. The number of anilines is 1. The smallest absolute Gasteiger partial charge is 0.339 e. The minimum Gasteiger partial charge on any atom is -0.485 e. The fourth-order valence-electron chi connectivity index (χ4n) is 6.89. The summed E-state index contributed by atoms with van der Waals surface area (Å²) in [4.78, 5) is 20.6. The van der Waals surface area contributed by atoms with Gasteiger partial charge in [0.2, 0.25) is 0 Å². The van der Waals surface area contributed by atoms with Crippen molar-refractivity contribution < 1.29 is 28.1 Å². The van der Waals surface area contributed by atoms with Crippen LogP contribution in [0.25, 0.3) is 28.0 Å². The molecule has 10 heteroatoms. The number of esters is 1. The maximum atomic E-state index is 15.3. The van der Waals surface area contributed by atoms with Gasteiger partial charge in [0, 0.05) is 42.4 Å². The highest BCUT2D eigenvalue weighted by molar-refractivity contribution is 5.84. The number of halogens is 1. The Morgan fingerprint density at radius 1 is 1.14 bits per heavy atom. The lowest BCUT2D eigenvalue weighted by atomic mass is 9.86. The van der Waals surface area contributed by atoms with Crippen LogP contribution in [0.5, 0.6) is 5.75 Å². The lowest BCUT2D eigenvalue weighted by molar-refractivity contribution is -0.164. The van der Waals surface area contributed by atoms with Crippen molar-refractivity contribution in [3.63, 3.8) is 0 Å². The van der Waals surface area contributed by atoms with Crippen molar-refractivity contribution in [1.82, 2.24) is 14.6 Å². The van der Waals surface area contributed by atoms with Crippen LogP contribution < -0.4 is 9.64 Å². The molecular weight excluding hydrogens is 623 g/mol. The van der Waals surface area contributed by atoms with E-state index in [1.54, 1.807) is 28.8 Å². The third-order valence-electron chi connectivity index (χ3n) is 9.22. The van der Waals surface area contributed by atoms with E-state index in [-0.39, 0.29) is 11.4 Å². The monoisotopic (exact) mass is 668 g/mol. The lowest BCUT2D eigenvalue weighted by Crippen LogP contribution is -2.45. The van der Waals surface area contributed by atoms with E-state index >= 15 is 4.39 Å². The van der Waals surface area contributed by atoms with Crippen molar-refractivity contribution in [2.75, 3.05) is 31.7 Å². The minimum atomic E-state index is -1.05. The van der Waals surface area contributed by atoms with E-state index in [1.807, 2.05) is 52.0 Å². The van der Waals surface area contributed by atoms with Gasteiger partial charge in [0.1, 0.15) is 23.5 Å². The number of nitrogens with zero attached hydrogens (tertiary/aromatic N) is 4. The molecule has 0 bridgehead atoms. The van der Waals surface area contributed by atoms with Crippen molar-refractivity contribution in [2.24, 2.45) is 0 Å². The third kappa shape index (κ3) is 6.59. The molecule has 2 aliphatic heterocycles. The van der Waals surface area contributed by atoms with Gasteiger partial charge in [-0.2, -0.15) is 9.61 Å². The van der Waals surface area contributed by atoms with Crippen LogP contribution in [0.1, 0.15) is 76.0 Å².